The van der Waals surface area contributed by atoms with Gasteiger partial charge in [-0.3, -0.25) is 4.79 Å². The molecule has 1 aliphatic heterocycles. The molecule has 0 unspecified atom stereocenters. The molecule has 0 saturated carbocycles. The van der Waals surface area contributed by atoms with E-state index in [-0.39, 0.29) is 11.7 Å². The summed E-state index contributed by atoms with van der Waals surface area (Å²) >= 11 is 2.03. The predicted octanol–water partition coefficient (Wildman–Crippen LogP) is 2.78. The molecule has 1 amide bonds. The number of aromatic hydroxyl groups is 1. The van der Waals surface area contributed by atoms with E-state index in [1.54, 1.807) is 17.0 Å². The molecule has 0 bridgehead atoms. The first kappa shape index (κ1) is 14.2. The molecule has 0 aromatic heterocycles. The van der Waals surface area contributed by atoms with Crippen molar-refractivity contribution < 1.29 is 9.90 Å². The van der Waals surface area contributed by atoms with Crippen molar-refractivity contribution in [1.29, 1.82) is 0 Å². The molecule has 0 radical (unpaired) electrons. The van der Waals surface area contributed by atoms with Crippen molar-refractivity contribution in [3.05, 3.63) is 56.7 Å². The Hall–Kier alpha value is -1.76. The van der Waals surface area contributed by atoms with E-state index in [2.05, 4.69) is 0 Å². The fraction of sp³-hybridized carbons (Fsp3) is 0.188. The summed E-state index contributed by atoms with van der Waals surface area (Å²) < 4.78 is 0.737. The topological polar surface area (TPSA) is 66.6 Å². The molecule has 0 aliphatic carbocycles. The summed E-state index contributed by atoms with van der Waals surface area (Å²) in [4.78, 5) is 14.3. The third-order valence-electron chi connectivity index (χ3n) is 3.78. The van der Waals surface area contributed by atoms with Crippen LogP contribution < -0.4 is 5.73 Å². The lowest BCUT2D eigenvalue weighted by Gasteiger charge is -2.29. The van der Waals surface area contributed by atoms with E-state index in [4.69, 9.17) is 5.73 Å². The van der Waals surface area contributed by atoms with Gasteiger partial charge in [0.25, 0.3) is 5.91 Å². The van der Waals surface area contributed by atoms with E-state index in [9.17, 15) is 9.90 Å². The maximum Gasteiger partial charge on any atom is 0.254 e. The maximum atomic E-state index is 12.5. The lowest BCUT2D eigenvalue weighted by Crippen LogP contribution is -2.36. The Balaban J connectivity index is 1.85. The van der Waals surface area contributed by atoms with Gasteiger partial charge in [0, 0.05) is 24.3 Å². The SMILES string of the molecule is Nc1cccc2c1CCN(C(=O)c1ccc(I)c(O)c1)C2. The van der Waals surface area contributed by atoms with Crippen LogP contribution in [0, 0.1) is 3.57 Å². The Morgan fingerprint density at radius 3 is 2.86 bits per heavy atom. The zero-order chi connectivity index (χ0) is 15.0. The number of nitrogens with two attached hydrogens (primary N) is 1. The van der Waals surface area contributed by atoms with Crippen molar-refractivity contribution in [2.24, 2.45) is 0 Å². The fourth-order valence-electron chi connectivity index (χ4n) is 2.64. The number of benzene rings is 2. The second kappa shape index (κ2) is 5.55. The molecule has 0 fully saturated rings. The minimum Gasteiger partial charge on any atom is -0.507 e. The van der Waals surface area contributed by atoms with E-state index >= 15 is 0 Å². The number of anilines is 1. The number of halogens is 1. The summed E-state index contributed by atoms with van der Waals surface area (Å²) in [5.41, 5.74) is 9.53. The Labute approximate surface area is 136 Å². The summed E-state index contributed by atoms with van der Waals surface area (Å²) in [7, 11) is 0. The molecular formula is C16H15IN2O2. The monoisotopic (exact) mass is 394 g/mol. The van der Waals surface area contributed by atoms with Crippen LogP contribution in [-0.4, -0.2) is 22.5 Å². The van der Waals surface area contributed by atoms with E-state index in [0.29, 0.717) is 18.7 Å². The largest absolute Gasteiger partial charge is 0.507 e. The highest BCUT2D eigenvalue weighted by molar-refractivity contribution is 14.1. The Kier molecular flexibility index (Phi) is 3.75. The quantitative estimate of drug-likeness (QED) is 0.578. The van der Waals surface area contributed by atoms with Gasteiger partial charge >= 0.3 is 0 Å². The standard InChI is InChI=1S/C16H15IN2O2/c17-13-5-4-10(8-15(13)20)16(21)19-7-6-12-11(9-19)2-1-3-14(12)18/h1-5,8,20H,6-7,9,18H2. The number of nitrogen functional groups attached to an aromatic ring is 1. The van der Waals surface area contributed by atoms with Crippen LogP contribution in [0.1, 0.15) is 21.5 Å². The van der Waals surface area contributed by atoms with E-state index < -0.39 is 0 Å². The van der Waals surface area contributed by atoms with Gasteiger partial charge in [-0.2, -0.15) is 0 Å². The Morgan fingerprint density at radius 1 is 1.29 bits per heavy atom. The lowest BCUT2D eigenvalue weighted by molar-refractivity contribution is 0.0734. The molecular weight excluding hydrogens is 379 g/mol. The smallest absolute Gasteiger partial charge is 0.254 e. The lowest BCUT2D eigenvalue weighted by atomic mass is 9.97. The molecule has 5 heteroatoms. The number of nitrogens with zero attached hydrogens (tertiary/aromatic N) is 1. The summed E-state index contributed by atoms with van der Waals surface area (Å²) in [6, 6.07) is 10.8. The van der Waals surface area contributed by atoms with Crippen molar-refractivity contribution in [1.82, 2.24) is 4.90 Å². The van der Waals surface area contributed by atoms with Crippen LogP contribution in [0.5, 0.6) is 5.75 Å². The minimum absolute atomic E-state index is 0.0604. The number of amides is 1. The van der Waals surface area contributed by atoms with Crippen LogP contribution in [0.4, 0.5) is 5.69 Å². The molecule has 2 aromatic rings. The van der Waals surface area contributed by atoms with Gasteiger partial charge in [0.15, 0.2) is 0 Å². The highest BCUT2D eigenvalue weighted by Gasteiger charge is 2.23. The molecule has 3 N–H and O–H groups in total. The van der Waals surface area contributed by atoms with Crippen molar-refractivity contribution >= 4 is 34.2 Å². The number of carbonyl (C=O) groups excluding carboxylic acids is 1. The maximum absolute atomic E-state index is 12.5. The zero-order valence-corrected chi connectivity index (χ0v) is 13.5. The zero-order valence-electron chi connectivity index (χ0n) is 11.3. The first-order valence-corrected chi connectivity index (χ1v) is 7.78. The molecule has 2 aromatic carbocycles. The Morgan fingerprint density at radius 2 is 2.10 bits per heavy atom. The third-order valence-corrected chi connectivity index (χ3v) is 4.69. The molecule has 21 heavy (non-hydrogen) atoms. The van der Waals surface area contributed by atoms with Crippen molar-refractivity contribution in [2.45, 2.75) is 13.0 Å². The first-order valence-electron chi connectivity index (χ1n) is 6.70. The fourth-order valence-corrected chi connectivity index (χ4v) is 2.98. The van der Waals surface area contributed by atoms with Gasteiger partial charge in [-0.05, 0) is 64.4 Å². The molecule has 4 nitrogen and oxygen atoms in total. The van der Waals surface area contributed by atoms with Crippen LogP contribution in [-0.2, 0) is 13.0 Å². The average molecular weight is 394 g/mol. The molecule has 3 rings (SSSR count). The van der Waals surface area contributed by atoms with Gasteiger partial charge in [0.05, 0.1) is 3.57 Å². The van der Waals surface area contributed by atoms with E-state index in [0.717, 1.165) is 26.8 Å². The van der Waals surface area contributed by atoms with Gasteiger partial charge in [-0.25, -0.2) is 0 Å². The molecule has 0 atom stereocenters. The number of hydrogen-bond acceptors (Lipinski definition) is 3. The van der Waals surface area contributed by atoms with Crippen LogP contribution in [0.2, 0.25) is 0 Å². The number of phenolic OH excluding ortho intramolecular Hbond substituents is 1. The highest BCUT2D eigenvalue weighted by Crippen LogP contribution is 2.26. The van der Waals surface area contributed by atoms with Gasteiger partial charge < -0.3 is 15.7 Å². The van der Waals surface area contributed by atoms with Gasteiger partial charge in [0.2, 0.25) is 0 Å². The summed E-state index contributed by atoms with van der Waals surface area (Å²) in [6.07, 6.45) is 0.768. The van der Waals surface area contributed by atoms with Gasteiger partial charge in [0.1, 0.15) is 5.75 Å². The van der Waals surface area contributed by atoms with Crippen molar-refractivity contribution in [3.63, 3.8) is 0 Å². The second-order valence-electron chi connectivity index (χ2n) is 5.13. The number of hydrogen-bond donors (Lipinski definition) is 2. The summed E-state index contributed by atoms with van der Waals surface area (Å²) in [5.74, 6) is 0.0814. The summed E-state index contributed by atoms with van der Waals surface area (Å²) in [5, 5.41) is 9.75. The number of rotatable bonds is 1. The number of fused-ring (bicyclic) bond motifs is 1. The van der Waals surface area contributed by atoms with Crippen molar-refractivity contribution in [2.75, 3.05) is 12.3 Å². The van der Waals surface area contributed by atoms with Gasteiger partial charge in [-0.1, -0.05) is 12.1 Å². The minimum atomic E-state index is -0.0604. The third kappa shape index (κ3) is 2.70. The Bertz CT molecular complexity index is 715. The highest BCUT2D eigenvalue weighted by atomic mass is 127. The van der Waals surface area contributed by atoms with Crippen LogP contribution in [0.3, 0.4) is 0 Å². The molecule has 108 valence electrons. The number of phenols is 1. The van der Waals surface area contributed by atoms with Gasteiger partial charge in [-0.15, -0.1) is 0 Å². The second-order valence-corrected chi connectivity index (χ2v) is 6.29. The average Bonchev–Trinajstić information content (AvgIpc) is 2.49. The summed E-state index contributed by atoms with van der Waals surface area (Å²) in [6.45, 7) is 1.21. The van der Waals surface area contributed by atoms with Crippen LogP contribution in [0.25, 0.3) is 0 Å². The number of carbonyl (C=O) groups is 1. The molecule has 0 saturated heterocycles. The molecule has 1 heterocycles. The first-order chi connectivity index (χ1) is 10.1. The predicted molar refractivity (Wildman–Crippen MR) is 90.1 cm³/mol. The van der Waals surface area contributed by atoms with Crippen LogP contribution in [0.15, 0.2) is 36.4 Å². The normalized spacial score (nSPS) is 13.9. The van der Waals surface area contributed by atoms with Crippen molar-refractivity contribution in [3.8, 4) is 5.75 Å². The van der Waals surface area contributed by atoms with Crippen LogP contribution >= 0.6 is 22.6 Å². The molecule has 1 aliphatic rings. The molecule has 0 spiro atoms. The van der Waals surface area contributed by atoms with E-state index in [1.807, 2.05) is 40.8 Å². The van der Waals surface area contributed by atoms with E-state index in [1.165, 1.54) is 6.07 Å².